The number of nitrogens with zero attached hydrogens (tertiary/aromatic N) is 3. The molecule has 152 valence electrons. The van der Waals surface area contributed by atoms with Crippen LogP contribution in [0.2, 0.25) is 10.2 Å². The Balaban J connectivity index is 2.37. The highest BCUT2D eigenvalue weighted by atomic mass is 79.9. The van der Waals surface area contributed by atoms with Gasteiger partial charge in [0.05, 0.1) is 34.5 Å². The number of benzene rings is 1. The van der Waals surface area contributed by atoms with E-state index in [2.05, 4.69) is 21.0 Å². The molecule has 0 bridgehead atoms. The second-order valence-corrected chi connectivity index (χ2v) is 7.60. The van der Waals surface area contributed by atoms with Crippen LogP contribution in [0.3, 0.4) is 0 Å². The van der Waals surface area contributed by atoms with Gasteiger partial charge in [-0.05, 0) is 41.1 Å². The van der Waals surface area contributed by atoms with Crippen LogP contribution in [-0.4, -0.2) is 27.4 Å². The van der Waals surface area contributed by atoms with Crippen molar-refractivity contribution in [2.75, 3.05) is 7.11 Å². The van der Waals surface area contributed by atoms with Gasteiger partial charge < -0.3 is 9.30 Å². The second kappa shape index (κ2) is 8.69. The van der Waals surface area contributed by atoms with E-state index in [1.165, 1.54) is 19.2 Å². The minimum absolute atomic E-state index is 0.0673. The van der Waals surface area contributed by atoms with Gasteiger partial charge in [0.1, 0.15) is 11.4 Å². The van der Waals surface area contributed by atoms with Crippen molar-refractivity contribution >= 4 is 45.1 Å². The molecule has 0 saturated carbocycles. The van der Waals surface area contributed by atoms with E-state index in [1.54, 1.807) is 27.6 Å². The van der Waals surface area contributed by atoms with Gasteiger partial charge in [-0.2, -0.15) is 5.10 Å². The summed E-state index contributed by atoms with van der Waals surface area (Å²) in [6.45, 7) is 2.42. The highest BCUT2D eigenvalue weighted by Gasteiger charge is 2.27. The fraction of sp³-hybridized carbons (Fsp3) is 0.211. The van der Waals surface area contributed by atoms with Gasteiger partial charge in [0.25, 0.3) is 0 Å². The van der Waals surface area contributed by atoms with Crippen molar-refractivity contribution in [3.8, 4) is 11.3 Å². The lowest BCUT2D eigenvalue weighted by molar-refractivity contribution is 0.0599. The predicted octanol–water partition coefficient (Wildman–Crippen LogP) is 4.78. The SMILES string of the molecule is CCn1c(Cn2ccc(Cl)n2)c(Br)c(=O)c(C(=O)OC)c1-c1ccc(Cl)c(F)c1. The van der Waals surface area contributed by atoms with Gasteiger partial charge in [-0.3, -0.25) is 9.48 Å². The summed E-state index contributed by atoms with van der Waals surface area (Å²) in [5, 5.41) is 4.37. The number of hydrogen-bond acceptors (Lipinski definition) is 4. The zero-order valence-corrected chi connectivity index (χ0v) is 18.5. The summed E-state index contributed by atoms with van der Waals surface area (Å²) < 4.78 is 22.5. The number of hydrogen-bond donors (Lipinski definition) is 0. The maximum Gasteiger partial charge on any atom is 0.344 e. The molecule has 0 fully saturated rings. The van der Waals surface area contributed by atoms with Gasteiger partial charge in [0.2, 0.25) is 5.43 Å². The van der Waals surface area contributed by atoms with Crippen LogP contribution in [-0.2, 0) is 17.8 Å². The molecule has 6 nitrogen and oxygen atoms in total. The van der Waals surface area contributed by atoms with Crippen LogP contribution in [0.1, 0.15) is 23.0 Å². The van der Waals surface area contributed by atoms with E-state index in [1.807, 2.05) is 6.92 Å². The Bertz CT molecular complexity index is 1160. The van der Waals surface area contributed by atoms with Crippen LogP contribution in [0.15, 0.2) is 39.7 Å². The Morgan fingerprint density at radius 2 is 2.03 bits per heavy atom. The number of pyridine rings is 1. The first-order chi connectivity index (χ1) is 13.8. The third kappa shape index (κ3) is 4.10. The quantitative estimate of drug-likeness (QED) is 0.471. The predicted molar refractivity (Wildman–Crippen MR) is 112 cm³/mol. The van der Waals surface area contributed by atoms with Crippen LogP contribution in [0.5, 0.6) is 0 Å². The Labute approximate surface area is 183 Å². The molecule has 10 heteroatoms. The van der Waals surface area contributed by atoms with Crippen molar-refractivity contribution in [3.63, 3.8) is 0 Å². The van der Waals surface area contributed by atoms with Crippen molar-refractivity contribution < 1.29 is 13.9 Å². The molecular formula is C19H15BrCl2FN3O3. The molecular weight excluding hydrogens is 488 g/mol. The van der Waals surface area contributed by atoms with E-state index in [-0.39, 0.29) is 27.3 Å². The van der Waals surface area contributed by atoms with E-state index in [0.717, 1.165) is 0 Å². The Morgan fingerprint density at radius 1 is 1.31 bits per heavy atom. The molecule has 0 atom stereocenters. The van der Waals surface area contributed by atoms with Gasteiger partial charge >= 0.3 is 5.97 Å². The topological polar surface area (TPSA) is 66.1 Å². The van der Waals surface area contributed by atoms with E-state index >= 15 is 0 Å². The average molecular weight is 503 g/mol. The number of carbonyl (C=O) groups excluding carboxylic acids is 1. The fourth-order valence-corrected chi connectivity index (χ4v) is 3.86. The summed E-state index contributed by atoms with van der Waals surface area (Å²) in [5.41, 5.74) is 0.315. The van der Waals surface area contributed by atoms with Crippen molar-refractivity contribution in [2.24, 2.45) is 0 Å². The molecule has 2 aromatic heterocycles. The molecule has 3 aromatic rings. The van der Waals surface area contributed by atoms with Gasteiger partial charge in [0, 0.05) is 18.3 Å². The molecule has 0 saturated heterocycles. The zero-order valence-electron chi connectivity index (χ0n) is 15.4. The van der Waals surface area contributed by atoms with Crippen molar-refractivity contribution in [2.45, 2.75) is 20.0 Å². The van der Waals surface area contributed by atoms with E-state index in [0.29, 0.717) is 23.0 Å². The molecule has 2 heterocycles. The second-order valence-electron chi connectivity index (χ2n) is 6.01. The molecule has 0 radical (unpaired) electrons. The van der Waals surface area contributed by atoms with Crippen LogP contribution in [0.25, 0.3) is 11.3 Å². The van der Waals surface area contributed by atoms with E-state index in [9.17, 15) is 14.0 Å². The Morgan fingerprint density at radius 3 is 2.59 bits per heavy atom. The molecule has 3 rings (SSSR count). The minimum atomic E-state index is -0.822. The van der Waals surface area contributed by atoms with Crippen LogP contribution in [0, 0.1) is 5.82 Å². The monoisotopic (exact) mass is 501 g/mol. The lowest BCUT2D eigenvalue weighted by atomic mass is 10.0. The average Bonchev–Trinajstić information content (AvgIpc) is 3.11. The number of rotatable bonds is 5. The third-order valence-electron chi connectivity index (χ3n) is 4.33. The molecule has 0 aliphatic heterocycles. The fourth-order valence-electron chi connectivity index (χ4n) is 3.05. The first kappa shape index (κ1) is 21.5. The van der Waals surface area contributed by atoms with E-state index in [4.69, 9.17) is 27.9 Å². The Hall–Kier alpha value is -2.16. The number of carbonyl (C=O) groups is 1. The first-order valence-corrected chi connectivity index (χ1v) is 10.0. The number of methoxy groups -OCH3 is 1. The lowest BCUT2D eigenvalue weighted by Gasteiger charge is -2.22. The highest BCUT2D eigenvalue weighted by Crippen LogP contribution is 2.30. The Kier molecular flexibility index (Phi) is 6.45. The van der Waals surface area contributed by atoms with Gasteiger partial charge in [-0.1, -0.05) is 29.3 Å². The number of halogens is 4. The molecule has 0 N–H and O–H groups in total. The highest BCUT2D eigenvalue weighted by molar-refractivity contribution is 9.10. The molecule has 0 amide bonds. The van der Waals surface area contributed by atoms with Crippen LogP contribution in [0.4, 0.5) is 4.39 Å². The van der Waals surface area contributed by atoms with Crippen molar-refractivity contribution in [1.29, 1.82) is 0 Å². The molecule has 1 aromatic carbocycles. The summed E-state index contributed by atoms with van der Waals surface area (Å²) in [4.78, 5) is 25.5. The third-order valence-corrected chi connectivity index (χ3v) is 5.66. The summed E-state index contributed by atoms with van der Waals surface area (Å²) in [6.07, 6.45) is 1.66. The van der Waals surface area contributed by atoms with Crippen molar-refractivity contribution in [3.05, 3.63) is 72.4 Å². The zero-order chi connectivity index (χ0) is 21.3. The molecule has 0 spiro atoms. The summed E-state index contributed by atoms with van der Waals surface area (Å²) in [7, 11) is 1.18. The number of ether oxygens (including phenoxy) is 1. The summed E-state index contributed by atoms with van der Waals surface area (Å²) in [5.74, 6) is -1.49. The first-order valence-electron chi connectivity index (χ1n) is 8.46. The van der Waals surface area contributed by atoms with Crippen LogP contribution < -0.4 is 5.43 Å². The molecule has 0 unspecified atom stereocenters. The lowest BCUT2D eigenvalue weighted by Crippen LogP contribution is -2.27. The standard InChI is InChI=1S/C19H15BrCl2FN3O3/c1-3-26-13(9-25-7-6-14(22)24-25)16(20)18(27)15(19(28)29-2)17(26)10-4-5-11(21)12(23)8-10/h4-8H,3,9H2,1-2H3. The largest absolute Gasteiger partial charge is 0.465 e. The molecule has 0 aliphatic carbocycles. The number of aromatic nitrogens is 3. The maximum atomic E-state index is 14.2. The maximum absolute atomic E-state index is 14.2. The number of esters is 1. The van der Waals surface area contributed by atoms with Crippen molar-refractivity contribution in [1.82, 2.24) is 14.3 Å². The summed E-state index contributed by atoms with van der Waals surface area (Å²) in [6, 6.07) is 5.70. The molecule has 0 aliphatic rings. The minimum Gasteiger partial charge on any atom is -0.465 e. The van der Waals surface area contributed by atoms with Crippen LogP contribution >= 0.6 is 39.1 Å². The summed E-state index contributed by atoms with van der Waals surface area (Å²) >= 11 is 15.0. The van der Waals surface area contributed by atoms with E-state index < -0.39 is 17.2 Å². The van der Waals surface area contributed by atoms with Gasteiger partial charge in [0.15, 0.2) is 5.15 Å². The van der Waals surface area contributed by atoms with Gasteiger partial charge in [-0.25, -0.2) is 9.18 Å². The molecule has 29 heavy (non-hydrogen) atoms. The normalized spacial score (nSPS) is 11.0. The smallest absolute Gasteiger partial charge is 0.344 e. The van der Waals surface area contributed by atoms with Gasteiger partial charge in [-0.15, -0.1) is 0 Å².